The Labute approximate surface area is 169 Å². The second-order valence-electron chi connectivity index (χ2n) is 6.75. The number of likely N-dealkylation sites (tertiary alicyclic amines) is 1. The zero-order valence-corrected chi connectivity index (χ0v) is 16.0. The number of nitrogens with zero attached hydrogens (tertiary/aromatic N) is 2. The van der Waals surface area contributed by atoms with Gasteiger partial charge in [0.15, 0.2) is 0 Å². The summed E-state index contributed by atoms with van der Waals surface area (Å²) in [5, 5.41) is 19.3. The lowest BCUT2D eigenvalue weighted by Gasteiger charge is -2.39. The summed E-state index contributed by atoms with van der Waals surface area (Å²) in [5.74, 6) is 1.34. The quantitative estimate of drug-likeness (QED) is 0.427. The molecule has 0 aliphatic carbocycles. The maximum absolute atomic E-state index is 12.3. The van der Waals surface area contributed by atoms with Gasteiger partial charge in [0.2, 0.25) is 5.91 Å². The van der Waals surface area contributed by atoms with Crippen molar-refractivity contribution in [3.8, 4) is 23.8 Å². The number of aliphatic imine (C=N–C) groups is 1. The summed E-state index contributed by atoms with van der Waals surface area (Å²) in [4.78, 5) is 29.8. The van der Waals surface area contributed by atoms with Crippen molar-refractivity contribution >= 4 is 25.2 Å². The number of carboxylic acids is 1. The van der Waals surface area contributed by atoms with Crippen LogP contribution in [0, 0.1) is 12.3 Å². The Morgan fingerprint density at radius 1 is 1.48 bits per heavy atom. The Balaban J connectivity index is 1.65. The summed E-state index contributed by atoms with van der Waals surface area (Å²) >= 11 is 0. The van der Waals surface area contributed by atoms with Crippen LogP contribution >= 0.6 is 0 Å². The van der Waals surface area contributed by atoms with Crippen molar-refractivity contribution < 1.29 is 29.1 Å². The van der Waals surface area contributed by atoms with Crippen LogP contribution in [0.2, 0.25) is 6.32 Å². The van der Waals surface area contributed by atoms with Crippen LogP contribution in [-0.2, 0) is 11.2 Å². The predicted octanol–water partition coefficient (Wildman–Crippen LogP) is 1.39. The van der Waals surface area contributed by atoms with Gasteiger partial charge in [0.1, 0.15) is 23.2 Å². The number of allylic oxidation sites excluding steroid dienone is 1. The molecule has 0 aromatic heterocycles. The molecule has 2 aliphatic rings. The van der Waals surface area contributed by atoms with Crippen LogP contribution in [0.4, 0.5) is 0 Å². The van der Waals surface area contributed by atoms with Crippen molar-refractivity contribution in [1.29, 1.82) is 0 Å². The molecule has 29 heavy (non-hydrogen) atoms. The number of aryl methyl sites for hydroxylation is 1. The number of fused-ring (bicyclic) bond motifs is 1. The number of hydrogen-bond donors (Lipinski definition) is 2. The van der Waals surface area contributed by atoms with Crippen LogP contribution in [-0.4, -0.2) is 59.4 Å². The van der Waals surface area contributed by atoms with E-state index < -0.39 is 13.1 Å². The summed E-state index contributed by atoms with van der Waals surface area (Å²) in [6.07, 6.45) is 8.95. The lowest BCUT2D eigenvalue weighted by Crippen LogP contribution is -2.56. The molecule has 3 rings (SSSR count). The van der Waals surface area contributed by atoms with Gasteiger partial charge in [-0.25, -0.2) is 4.79 Å². The summed E-state index contributed by atoms with van der Waals surface area (Å²) < 4.78 is 11.2. The number of carbonyl (C=O) groups is 2. The number of ether oxygens (including phenoxy) is 1. The number of hydrogen-bond acceptors (Lipinski definition) is 6. The van der Waals surface area contributed by atoms with Crippen molar-refractivity contribution in [3.05, 3.63) is 35.0 Å². The van der Waals surface area contributed by atoms with Crippen molar-refractivity contribution in [2.24, 2.45) is 4.99 Å². The van der Waals surface area contributed by atoms with Gasteiger partial charge < -0.3 is 24.4 Å². The number of carbonyl (C=O) groups excluding carboxylic acids is 1. The topological polar surface area (TPSA) is 109 Å². The molecule has 1 aromatic carbocycles. The van der Waals surface area contributed by atoms with Crippen LogP contribution in [0.5, 0.6) is 11.5 Å². The van der Waals surface area contributed by atoms with Crippen LogP contribution in [0.25, 0.3) is 0 Å². The SMILES string of the molecule is C#C/C=C(/CC(=O)N1CC(Oc2ccc3c(c2C(=O)O)OB(O)CC3)C1)N=CC. The number of aromatic carboxylic acids is 1. The Hall–Kier alpha value is -3.25. The minimum absolute atomic E-state index is 0.0895. The molecule has 2 N–H and O–H groups in total. The van der Waals surface area contributed by atoms with Crippen LogP contribution in [0.15, 0.2) is 28.9 Å². The zero-order chi connectivity index (χ0) is 21.0. The summed E-state index contributed by atoms with van der Waals surface area (Å²) in [7, 11) is -1.04. The molecule has 2 heterocycles. The molecule has 0 saturated carbocycles. The highest BCUT2D eigenvalue weighted by atomic mass is 16.5. The van der Waals surface area contributed by atoms with Gasteiger partial charge in [-0.3, -0.25) is 9.79 Å². The van der Waals surface area contributed by atoms with Gasteiger partial charge in [0.05, 0.1) is 25.2 Å². The number of rotatable bonds is 6. The molecule has 8 nitrogen and oxygen atoms in total. The van der Waals surface area contributed by atoms with E-state index >= 15 is 0 Å². The maximum atomic E-state index is 12.3. The Morgan fingerprint density at radius 2 is 2.24 bits per heavy atom. The van der Waals surface area contributed by atoms with E-state index in [9.17, 15) is 19.7 Å². The van der Waals surface area contributed by atoms with Crippen molar-refractivity contribution in [2.75, 3.05) is 13.1 Å². The molecule has 0 bridgehead atoms. The highest BCUT2D eigenvalue weighted by molar-refractivity contribution is 6.44. The molecular weight excluding hydrogens is 375 g/mol. The van der Waals surface area contributed by atoms with Gasteiger partial charge in [-0.1, -0.05) is 12.0 Å². The number of carboxylic acid groups (broad SMARTS) is 1. The first-order valence-corrected chi connectivity index (χ1v) is 9.25. The van der Waals surface area contributed by atoms with E-state index in [0.29, 0.717) is 31.5 Å². The molecule has 1 fully saturated rings. The van der Waals surface area contributed by atoms with E-state index in [4.69, 9.17) is 15.8 Å². The van der Waals surface area contributed by atoms with E-state index in [1.165, 1.54) is 6.08 Å². The first-order valence-electron chi connectivity index (χ1n) is 9.25. The van der Waals surface area contributed by atoms with Crippen molar-refractivity contribution in [3.63, 3.8) is 0 Å². The predicted molar refractivity (Wildman–Crippen MR) is 107 cm³/mol. The van der Waals surface area contributed by atoms with Gasteiger partial charge in [0, 0.05) is 12.3 Å². The molecule has 150 valence electrons. The molecule has 0 atom stereocenters. The highest BCUT2D eigenvalue weighted by Gasteiger charge is 2.35. The monoisotopic (exact) mass is 396 g/mol. The van der Waals surface area contributed by atoms with Crippen molar-refractivity contribution in [2.45, 2.75) is 32.2 Å². The molecule has 1 amide bonds. The standard InChI is InChI=1S/C20H21BN2O6/c1-3-5-14(22-4-2)10-17(24)23-11-15(12-23)28-16-7-6-13-8-9-21(27)29-19(13)18(16)20(25)26/h1,4-7,15,27H,8-12H2,2H3,(H,25,26)/b14-5-,22-4?. The maximum Gasteiger partial charge on any atom is 0.522 e. The largest absolute Gasteiger partial charge is 0.535 e. The molecule has 0 unspecified atom stereocenters. The molecule has 2 aliphatic heterocycles. The smallest absolute Gasteiger partial charge is 0.522 e. The Kier molecular flexibility index (Phi) is 6.24. The van der Waals surface area contributed by atoms with Crippen LogP contribution in [0.3, 0.4) is 0 Å². The zero-order valence-electron chi connectivity index (χ0n) is 16.0. The van der Waals surface area contributed by atoms with Crippen molar-refractivity contribution in [1.82, 2.24) is 4.90 Å². The number of benzene rings is 1. The number of terminal acetylenes is 1. The third-order valence-corrected chi connectivity index (χ3v) is 4.70. The van der Waals surface area contributed by atoms with Crippen LogP contribution in [0.1, 0.15) is 29.3 Å². The van der Waals surface area contributed by atoms with Crippen LogP contribution < -0.4 is 9.39 Å². The van der Waals surface area contributed by atoms with E-state index in [1.807, 2.05) is 0 Å². The average molecular weight is 396 g/mol. The molecule has 0 radical (unpaired) electrons. The normalized spacial score (nSPS) is 16.7. The molecule has 9 heteroatoms. The molecule has 1 aromatic rings. The van der Waals surface area contributed by atoms with Gasteiger partial charge in [0.25, 0.3) is 0 Å². The first kappa shape index (κ1) is 20.5. The molecule has 0 spiro atoms. The second kappa shape index (κ2) is 8.84. The van der Waals surface area contributed by atoms with Gasteiger partial charge in [-0.15, -0.1) is 6.42 Å². The Bertz CT molecular complexity index is 914. The minimum Gasteiger partial charge on any atom is -0.535 e. The third kappa shape index (κ3) is 4.61. The van der Waals surface area contributed by atoms with Gasteiger partial charge in [-0.2, -0.15) is 0 Å². The summed E-state index contributed by atoms with van der Waals surface area (Å²) in [6.45, 7) is 2.40. The minimum atomic E-state index is -1.19. The lowest BCUT2D eigenvalue weighted by molar-refractivity contribution is -0.139. The fourth-order valence-corrected chi connectivity index (χ4v) is 3.27. The highest BCUT2D eigenvalue weighted by Crippen LogP contribution is 2.37. The molecule has 1 saturated heterocycles. The van der Waals surface area contributed by atoms with E-state index in [-0.39, 0.29) is 35.5 Å². The third-order valence-electron chi connectivity index (χ3n) is 4.70. The summed E-state index contributed by atoms with van der Waals surface area (Å²) in [6, 6.07) is 3.34. The lowest BCUT2D eigenvalue weighted by atomic mass is 9.78. The number of amides is 1. The fourth-order valence-electron chi connectivity index (χ4n) is 3.27. The molecular formula is C20H21BN2O6. The van der Waals surface area contributed by atoms with Gasteiger partial charge >= 0.3 is 13.1 Å². The first-order chi connectivity index (χ1) is 13.9. The van der Waals surface area contributed by atoms with E-state index in [1.54, 1.807) is 30.2 Å². The average Bonchev–Trinajstić information content (AvgIpc) is 2.63. The second-order valence-corrected chi connectivity index (χ2v) is 6.75. The fraction of sp³-hybridized carbons (Fsp3) is 0.350. The van der Waals surface area contributed by atoms with E-state index in [0.717, 1.165) is 5.56 Å². The summed E-state index contributed by atoms with van der Waals surface area (Å²) in [5.41, 5.74) is 1.11. The van der Waals surface area contributed by atoms with Gasteiger partial charge in [-0.05, 0) is 31.3 Å². The van der Waals surface area contributed by atoms with E-state index in [2.05, 4.69) is 10.9 Å². The Morgan fingerprint density at radius 3 is 2.90 bits per heavy atom.